The summed E-state index contributed by atoms with van der Waals surface area (Å²) in [7, 11) is -4.40. The minimum absolute atomic E-state index is 0.0399. The maximum Gasteiger partial charge on any atom is 0.472 e. The normalized spacial score (nSPS) is 14.2. The Labute approximate surface area is 402 Å². The molecule has 0 radical (unpaired) electrons. The van der Waals surface area contributed by atoms with Crippen molar-refractivity contribution in [3.8, 4) is 0 Å². The van der Waals surface area contributed by atoms with E-state index in [1.807, 2.05) is 0 Å². The van der Waals surface area contributed by atoms with Crippen molar-refractivity contribution >= 4 is 19.8 Å². The van der Waals surface area contributed by atoms with Crippen LogP contribution < -0.4 is 5.73 Å². The van der Waals surface area contributed by atoms with Gasteiger partial charge in [-0.3, -0.25) is 18.6 Å². The molecule has 0 aliphatic carbocycles. The van der Waals surface area contributed by atoms with Gasteiger partial charge >= 0.3 is 19.8 Å². The average Bonchev–Trinajstić information content (AvgIpc) is 3.31. The molecule has 0 spiro atoms. The maximum atomic E-state index is 12.6. The number of phosphoric acid groups is 1. The van der Waals surface area contributed by atoms with Crippen LogP contribution in [-0.2, 0) is 32.7 Å². The molecule has 0 rings (SSSR count). The largest absolute Gasteiger partial charge is 0.472 e. The fourth-order valence-corrected chi connectivity index (χ4v) is 7.09. The Morgan fingerprint density at radius 1 is 0.470 bits per heavy atom. The number of unbranched alkanes of at least 4 members (excludes halogenated alkanes) is 13. The fraction of sp³-hybridized carbons (Fsp3) is 0.607. The number of esters is 2. The number of allylic oxidation sites excluding steroid dienone is 20. The summed E-state index contributed by atoms with van der Waals surface area (Å²) in [5.41, 5.74) is 5.36. The molecule has 0 saturated carbocycles. The van der Waals surface area contributed by atoms with Gasteiger partial charge in [0.2, 0.25) is 0 Å². The number of carbonyl (C=O) groups excluding carboxylic acids is 2. The third-order valence-electron chi connectivity index (χ3n) is 10.1. The van der Waals surface area contributed by atoms with Gasteiger partial charge in [-0.1, -0.05) is 187 Å². The lowest BCUT2D eigenvalue weighted by atomic mass is 10.1. The molecule has 2 unspecified atom stereocenters. The van der Waals surface area contributed by atoms with Gasteiger partial charge in [0.15, 0.2) is 6.10 Å². The van der Waals surface area contributed by atoms with E-state index in [2.05, 4.69) is 135 Å². The molecule has 374 valence electrons. The predicted octanol–water partition coefficient (Wildman–Crippen LogP) is 15.7. The first-order valence-electron chi connectivity index (χ1n) is 25.5. The molecule has 0 aliphatic rings. The van der Waals surface area contributed by atoms with Crippen LogP contribution in [0.3, 0.4) is 0 Å². The zero-order valence-corrected chi connectivity index (χ0v) is 42.3. The molecule has 9 nitrogen and oxygen atoms in total. The number of carbonyl (C=O) groups is 2. The molecule has 0 amide bonds. The van der Waals surface area contributed by atoms with Gasteiger partial charge in [-0.2, -0.15) is 0 Å². The van der Waals surface area contributed by atoms with Crippen molar-refractivity contribution < 1.29 is 37.6 Å². The van der Waals surface area contributed by atoms with Gasteiger partial charge in [0, 0.05) is 19.4 Å². The van der Waals surface area contributed by atoms with Crippen LogP contribution in [0, 0.1) is 0 Å². The van der Waals surface area contributed by atoms with Crippen LogP contribution in [0.4, 0.5) is 0 Å². The Morgan fingerprint density at radius 2 is 0.833 bits per heavy atom. The lowest BCUT2D eigenvalue weighted by molar-refractivity contribution is -0.161. The molecule has 10 heteroatoms. The molecule has 0 heterocycles. The van der Waals surface area contributed by atoms with E-state index in [0.717, 1.165) is 109 Å². The zero-order chi connectivity index (χ0) is 48.1. The SMILES string of the molecule is CC/C=C\C/C=C\C/C=C\C/C=C\C/C=C\C/C=C\C/C=C\C/C=C\C/C=C\CCCCCC(=O)OC(COC(=O)CCCCCCC/C=C\CCCCCCC)COP(=O)(O)OCCN. The highest BCUT2D eigenvalue weighted by Gasteiger charge is 2.26. The van der Waals surface area contributed by atoms with Gasteiger partial charge < -0.3 is 20.1 Å². The molecular weight excluding hydrogens is 846 g/mol. The smallest absolute Gasteiger partial charge is 0.462 e. The van der Waals surface area contributed by atoms with Crippen LogP contribution >= 0.6 is 7.82 Å². The second-order valence-corrected chi connectivity index (χ2v) is 17.8. The first kappa shape index (κ1) is 62.4. The van der Waals surface area contributed by atoms with Crippen molar-refractivity contribution in [3.63, 3.8) is 0 Å². The fourth-order valence-electron chi connectivity index (χ4n) is 6.33. The van der Waals surface area contributed by atoms with Crippen molar-refractivity contribution in [1.29, 1.82) is 0 Å². The number of rotatable bonds is 46. The number of hydrogen-bond acceptors (Lipinski definition) is 8. The summed E-state index contributed by atoms with van der Waals surface area (Å²) in [6.07, 6.45) is 69.5. The summed E-state index contributed by atoms with van der Waals surface area (Å²) in [6.45, 7) is 3.54. The summed E-state index contributed by atoms with van der Waals surface area (Å²) in [5, 5.41) is 0. The molecule has 0 saturated heterocycles. The first-order valence-corrected chi connectivity index (χ1v) is 27.0. The third kappa shape index (κ3) is 49.8. The van der Waals surface area contributed by atoms with Crippen LogP contribution in [0.1, 0.15) is 187 Å². The Kier molecular flexibility index (Phi) is 48.1. The van der Waals surface area contributed by atoms with E-state index in [0.29, 0.717) is 12.8 Å². The van der Waals surface area contributed by atoms with E-state index >= 15 is 0 Å². The highest BCUT2D eigenvalue weighted by Crippen LogP contribution is 2.43. The summed E-state index contributed by atoms with van der Waals surface area (Å²) in [4.78, 5) is 35.0. The molecule has 3 N–H and O–H groups in total. The Balaban J connectivity index is 4.16. The Bertz CT molecular complexity index is 1490. The van der Waals surface area contributed by atoms with Gasteiger partial charge in [0.05, 0.1) is 13.2 Å². The minimum atomic E-state index is -4.40. The second-order valence-electron chi connectivity index (χ2n) is 16.3. The third-order valence-corrected chi connectivity index (χ3v) is 11.1. The van der Waals surface area contributed by atoms with E-state index in [1.54, 1.807) is 0 Å². The Hall–Kier alpha value is -3.59. The first-order chi connectivity index (χ1) is 32.3. The molecule has 0 aromatic rings. The molecule has 66 heavy (non-hydrogen) atoms. The molecule has 0 aromatic heterocycles. The molecule has 0 fully saturated rings. The van der Waals surface area contributed by atoms with Crippen LogP contribution in [0.5, 0.6) is 0 Å². The van der Waals surface area contributed by atoms with Gasteiger partial charge in [0.25, 0.3) is 0 Å². The van der Waals surface area contributed by atoms with Crippen molar-refractivity contribution in [3.05, 3.63) is 122 Å². The van der Waals surface area contributed by atoms with Gasteiger partial charge in [-0.15, -0.1) is 0 Å². The summed E-state index contributed by atoms with van der Waals surface area (Å²) < 4.78 is 32.8. The second kappa shape index (κ2) is 50.8. The number of phosphoric ester groups is 1. The van der Waals surface area contributed by atoms with Crippen LogP contribution in [0.15, 0.2) is 122 Å². The van der Waals surface area contributed by atoms with Crippen LogP contribution in [-0.4, -0.2) is 49.3 Å². The lowest BCUT2D eigenvalue weighted by Crippen LogP contribution is -2.29. The predicted molar refractivity (Wildman–Crippen MR) is 279 cm³/mol. The molecule has 2 atom stereocenters. The molecule has 0 aromatic carbocycles. The van der Waals surface area contributed by atoms with Gasteiger partial charge in [0.1, 0.15) is 6.61 Å². The van der Waals surface area contributed by atoms with E-state index in [9.17, 15) is 19.0 Å². The van der Waals surface area contributed by atoms with E-state index in [4.69, 9.17) is 24.3 Å². The quantitative estimate of drug-likeness (QED) is 0.0265. The summed E-state index contributed by atoms with van der Waals surface area (Å²) in [5.74, 6) is -0.887. The number of hydrogen-bond donors (Lipinski definition) is 2. The minimum Gasteiger partial charge on any atom is -0.462 e. The maximum absolute atomic E-state index is 12.6. The summed E-state index contributed by atoms with van der Waals surface area (Å²) in [6, 6.07) is 0. The van der Waals surface area contributed by atoms with Gasteiger partial charge in [-0.05, 0) is 109 Å². The number of nitrogens with two attached hydrogens (primary N) is 1. The highest BCUT2D eigenvalue weighted by atomic mass is 31.2. The monoisotopic (exact) mass is 938 g/mol. The average molecular weight is 938 g/mol. The summed E-state index contributed by atoms with van der Waals surface area (Å²) >= 11 is 0. The lowest BCUT2D eigenvalue weighted by Gasteiger charge is -2.19. The van der Waals surface area contributed by atoms with Crippen LogP contribution in [0.2, 0.25) is 0 Å². The Morgan fingerprint density at radius 3 is 1.27 bits per heavy atom. The topological polar surface area (TPSA) is 134 Å². The van der Waals surface area contributed by atoms with Crippen LogP contribution in [0.25, 0.3) is 0 Å². The highest BCUT2D eigenvalue weighted by molar-refractivity contribution is 7.47. The van der Waals surface area contributed by atoms with Crippen molar-refractivity contribution in [2.45, 2.75) is 193 Å². The van der Waals surface area contributed by atoms with Crippen molar-refractivity contribution in [2.24, 2.45) is 5.73 Å². The molecule has 0 bridgehead atoms. The van der Waals surface area contributed by atoms with E-state index in [-0.39, 0.29) is 32.6 Å². The standard InChI is InChI=1S/C56H92NO8P/c1-3-5-7-9-11-13-15-17-19-20-21-22-23-24-25-26-27-28-29-30-31-32-33-34-35-37-39-41-43-45-47-49-56(59)65-54(53-64-66(60,61)63-51-50-57)52-62-55(58)48-46-44-42-40-38-36-18-16-14-12-10-8-6-4-2/h5,7,11,13,16-19,21-22,24-25,27-28,30-31,33-34,37,39,54H,3-4,6,8-10,12,14-15,20,23,26,29,32,35-36,38,40-53,57H2,1-2H3,(H,60,61)/b7-5-,13-11-,18-16-,19-17-,22-21-,25-24-,28-27-,31-30-,34-33-,39-37-. The van der Waals surface area contributed by atoms with Gasteiger partial charge in [-0.25, -0.2) is 4.57 Å². The molecular formula is C56H92NO8P. The zero-order valence-electron chi connectivity index (χ0n) is 41.4. The van der Waals surface area contributed by atoms with Crippen molar-refractivity contribution in [2.75, 3.05) is 26.4 Å². The van der Waals surface area contributed by atoms with Crippen molar-refractivity contribution in [1.82, 2.24) is 0 Å². The number of ether oxygens (including phenoxy) is 2. The molecule has 0 aliphatic heterocycles. The van der Waals surface area contributed by atoms with E-state index in [1.165, 1.54) is 38.5 Å². The van der Waals surface area contributed by atoms with E-state index < -0.39 is 32.5 Å².